The minimum Gasteiger partial charge on any atom is -0.481 e. The summed E-state index contributed by atoms with van der Waals surface area (Å²) in [5, 5.41) is 10.6. The molecule has 1 aliphatic rings. The molecule has 0 bridgehead atoms. The third-order valence-electron chi connectivity index (χ3n) is 6.42. The van der Waals surface area contributed by atoms with E-state index in [1.54, 1.807) is 23.1 Å². The molecule has 4 atom stereocenters. The number of carboxylic acids is 1. The number of hydrogen-bond donors (Lipinski definition) is 1. The largest absolute Gasteiger partial charge is 0.481 e. The summed E-state index contributed by atoms with van der Waals surface area (Å²) in [6.07, 6.45) is 2.04. The van der Waals surface area contributed by atoms with Gasteiger partial charge in [-0.25, -0.2) is 8.42 Å². The number of carboxylic acid groups (broad SMARTS) is 1. The fourth-order valence-electron chi connectivity index (χ4n) is 4.86. The van der Waals surface area contributed by atoms with E-state index in [1.807, 2.05) is 37.3 Å². The van der Waals surface area contributed by atoms with E-state index in [1.165, 1.54) is 6.26 Å². The Hall–Kier alpha value is -2.09. The smallest absolute Gasteiger partial charge is 0.304 e. The van der Waals surface area contributed by atoms with Gasteiger partial charge in [0, 0.05) is 34.2 Å². The second-order valence-electron chi connectivity index (χ2n) is 8.91. The van der Waals surface area contributed by atoms with Gasteiger partial charge in [0.05, 0.1) is 18.2 Å². The van der Waals surface area contributed by atoms with E-state index in [4.69, 9.17) is 23.2 Å². The molecule has 1 heterocycles. The molecule has 9 heteroatoms. The van der Waals surface area contributed by atoms with Crippen LogP contribution in [-0.2, 0) is 19.4 Å². The number of nitrogens with zero attached hydrogens (tertiary/aromatic N) is 1. The Morgan fingerprint density at radius 2 is 1.79 bits per heavy atom. The Balaban J connectivity index is 2.16. The van der Waals surface area contributed by atoms with Crippen LogP contribution in [-0.4, -0.2) is 48.4 Å². The van der Waals surface area contributed by atoms with Crippen molar-refractivity contribution in [1.82, 2.24) is 4.90 Å². The van der Waals surface area contributed by atoms with E-state index < -0.39 is 27.8 Å². The van der Waals surface area contributed by atoms with Gasteiger partial charge in [0.15, 0.2) is 0 Å². The average molecular weight is 526 g/mol. The lowest BCUT2D eigenvalue weighted by molar-refractivity contribution is -0.152. The zero-order valence-corrected chi connectivity index (χ0v) is 21.5. The molecule has 0 aliphatic carbocycles. The molecule has 6 nitrogen and oxygen atoms in total. The molecule has 1 aliphatic heterocycles. The standard InChI is InChI=1S/C25H29Cl2NO5S/c1-3-21(11-12-34(2,32)33)28-24(16-7-9-19(26)10-8-16)22(17-5-4-6-20(27)13-17)14-18(25(28)31)15-23(29)30/h4-10,13,18,21-22,24H,3,11-12,14-15H2,1-2H3,(H,29,30)/t18-,21?,22-,24-/m1/s1. The number of halogens is 2. The number of piperidine rings is 1. The number of sulfone groups is 1. The zero-order chi connectivity index (χ0) is 25.0. The van der Waals surface area contributed by atoms with Crippen LogP contribution < -0.4 is 0 Å². The Kier molecular flexibility index (Phi) is 8.66. The first-order valence-electron chi connectivity index (χ1n) is 11.2. The molecule has 0 aromatic heterocycles. The van der Waals surface area contributed by atoms with Gasteiger partial charge in [0.2, 0.25) is 5.91 Å². The van der Waals surface area contributed by atoms with Crippen LogP contribution in [0.4, 0.5) is 0 Å². The summed E-state index contributed by atoms with van der Waals surface area (Å²) in [7, 11) is -3.24. The number of likely N-dealkylation sites (tertiary alicyclic amines) is 1. The maximum Gasteiger partial charge on any atom is 0.304 e. The third-order valence-corrected chi connectivity index (χ3v) is 7.88. The van der Waals surface area contributed by atoms with Crippen molar-refractivity contribution in [2.75, 3.05) is 12.0 Å². The topological polar surface area (TPSA) is 91.8 Å². The van der Waals surface area contributed by atoms with Crippen molar-refractivity contribution in [3.63, 3.8) is 0 Å². The molecule has 1 fully saturated rings. The predicted molar refractivity (Wildman–Crippen MR) is 134 cm³/mol. The second-order valence-corrected chi connectivity index (χ2v) is 12.0. The van der Waals surface area contributed by atoms with Crippen LogP contribution in [0.5, 0.6) is 0 Å². The van der Waals surface area contributed by atoms with Crippen LogP contribution >= 0.6 is 23.2 Å². The van der Waals surface area contributed by atoms with Crippen LogP contribution in [0, 0.1) is 5.92 Å². The molecule has 1 unspecified atom stereocenters. The van der Waals surface area contributed by atoms with Crippen LogP contribution in [0.25, 0.3) is 0 Å². The van der Waals surface area contributed by atoms with Gasteiger partial charge in [-0.2, -0.15) is 0 Å². The van der Waals surface area contributed by atoms with Crippen molar-refractivity contribution in [3.8, 4) is 0 Å². The number of aliphatic carboxylic acids is 1. The highest BCUT2D eigenvalue weighted by Crippen LogP contribution is 2.48. The number of benzene rings is 2. The van der Waals surface area contributed by atoms with Gasteiger partial charge >= 0.3 is 5.97 Å². The molecule has 2 aromatic carbocycles. The van der Waals surface area contributed by atoms with E-state index in [2.05, 4.69) is 0 Å². The lowest BCUT2D eigenvalue weighted by Crippen LogP contribution is -2.52. The maximum absolute atomic E-state index is 13.7. The molecule has 2 aromatic rings. The molecular weight excluding hydrogens is 497 g/mol. The van der Waals surface area contributed by atoms with E-state index >= 15 is 0 Å². The Labute approximate surface area is 210 Å². The highest BCUT2D eigenvalue weighted by Gasteiger charge is 2.46. The van der Waals surface area contributed by atoms with Crippen molar-refractivity contribution in [2.24, 2.45) is 5.92 Å². The van der Waals surface area contributed by atoms with Crippen molar-refractivity contribution in [3.05, 3.63) is 69.7 Å². The van der Waals surface area contributed by atoms with Crippen molar-refractivity contribution >= 4 is 44.9 Å². The summed E-state index contributed by atoms with van der Waals surface area (Å²) in [6, 6.07) is 13.8. The predicted octanol–water partition coefficient (Wildman–Crippen LogP) is 5.35. The first kappa shape index (κ1) is 26.5. The monoisotopic (exact) mass is 525 g/mol. The molecule has 0 radical (unpaired) electrons. The average Bonchev–Trinajstić information content (AvgIpc) is 2.76. The van der Waals surface area contributed by atoms with Gasteiger partial charge < -0.3 is 10.0 Å². The summed E-state index contributed by atoms with van der Waals surface area (Å²) >= 11 is 12.4. The van der Waals surface area contributed by atoms with Crippen molar-refractivity contribution in [2.45, 2.75) is 50.6 Å². The number of hydrogen-bond acceptors (Lipinski definition) is 4. The fraction of sp³-hybridized carbons (Fsp3) is 0.440. The maximum atomic E-state index is 13.7. The van der Waals surface area contributed by atoms with Crippen LogP contribution in [0.15, 0.2) is 48.5 Å². The molecule has 184 valence electrons. The van der Waals surface area contributed by atoms with Gasteiger partial charge in [-0.1, -0.05) is 54.4 Å². The minimum absolute atomic E-state index is 0.0615. The highest BCUT2D eigenvalue weighted by molar-refractivity contribution is 7.90. The van der Waals surface area contributed by atoms with Gasteiger partial charge in [-0.3, -0.25) is 9.59 Å². The summed E-state index contributed by atoms with van der Waals surface area (Å²) in [4.78, 5) is 27.1. The molecule has 0 saturated carbocycles. The lowest BCUT2D eigenvalue weighted by Gasteiger charge is -2.48. The number of carbonyl (C=O) groups excluding carboxylic acids is 1. The van der Waals surface area contributed by atoms with Crippen molar-refractivity contribution in [1.29, 1.82) is 0 Å². The zero-order valence-electron chi connectivity index (χ0n) is 19.2. The molecule has 1 amide bonds. The summed E-state index contributed by atoms with van der Waals surface area (Å²) in [6.45, 7) is 1.91. The van der Waals surface area contributed by atoms with E-state index in [-0.39, 0.29) is 36.5 Å². The molecular formula is C25H29Cl2NO5S. The fourth-order valence-corrected chi connectivity index (χ4v) is 5.89. The van der Waals surface area contributed by atoms with Gasteiger partial charge in [-0.05, 0) is 54.7 Å². The van der Waals surface area contributed by atoms with E-state index in [0.717, 1.165) is 11.1 Å². The molecule has 34 heavy (non-hydrogen) atoms. The normalized spacial score (nSPS) is 21.9. The van der Waals surface area contributed by atoms with Gasteiger partial charge in [-0.15, -0.1) is 0 Å². The Morgan fingerprint density at radius 3 is 2.35 bits per heavy atom. The SMILES string of the molecule is CCC(CCS(C)(=O)=O)N1C(=O)[C@@H](CC(=O)O)C[C@H](c2cccc(Cl)c2)[C@H]1c1ccc(Cl)cc1. The molecule has 1 N–H and O–H groups in total. The number of amides is 1. The van der Waals surface area contributed by atoms with E-state index in [0.29, 0.717) is 22.9 Å². The van der Waals surface area contributed by atoms with Gasteiger partial charge in [0.1, 0.15) is 9.84 Å². The third kappa shape index (κ3) is 6.52. The van der Waals surface area contributed by atoms with Crippen LogP contribution in [0.1, 0.15) is 55.7 Å². The van der Waals surface area contributed by atoms with Crippen LogP contribution in [0.3, 0.4) is 0 Å². The molecule has 3 rings (SSSR count). The van der Waals surface area contributed by atoms with Crippen molar-refractivity contribution < 1.29 is 23.1 Å². The molecule has 1 saturated heterocycles. The summed E-state index contributed by atoms with van der Waals surface area (Å²) in [5.41, 5.74) is 1.76. The summed E-state index contributed by atoms with van der Waals surface area (Å²) in [5.74, 6) is -2.32. The number of carbonyl (C=O) groups is 2. The minimum atomic E-state index is -3.24. The highest BCUT2D eigenvalue weighted by atomic mass is 35.5. The number of rotatable bonds is 9. The Morgan fingerprint density at radius 1 is 1.12 bits per heavy atom. The Bertz CT molecular complexity index is 1140. The first-order chi connectivity index (χ1) is 16.0. The second kappa shape index (κ2) is 11.1. The quantitative estimate of drug-likeness (QED) is 0.475. The van der Waals surface area contributed by atoms with Gasteiger partial charge in [0.25, 0.3) is 0 Å². The lowest BCUT2D eigenvalue weighted by atomic mass is 9.74. The van der Waals surface area contributed by atoms with Crippen LogP contribution in [0.2, 0.25) is 10.0 Å². The summed E-state index contributed by atoms with van der Waals surface area (Å²) < 4.78 is 23.9. The van der Waals surface area contributed by atoms with E-state index in [9.17, 15) is 23.1 Å². The molecule has 0 spiro atoms. The first-order valence-corrected chi connectivity index (χ1v) is 14.0.